The van der Waals surface area contributed by atoms with E-state index in [0.29, 0.717) is 15.3 Å². The van der Waals surface area contributed by atoms with Crippen molar-refractivity contribution in [1.29, 1.82) is 5.26 Å². The molecule has 122 valence electrons. The zero-order valence-electron chi connectivity index (χ0n) is 12.9. The summed E-state index contributed by atoms with van der Waals surface area (Å²) in [6.45, 7) is 1.78. The Morgan fingerprint density at radius 1 is 1.46 bits per heavy atom. The minimum Gasteiger partial charge on any atom is -0.370 e. The molecule has 1 saturated heterocycles. The van der Waals surface area contributed by atoms with Crippen LogP contribution in [0.4, 0.5) is 11.4 Å². The summed E-state index contributed by atoms with van der Waals surface area (Å²) in [5, 5.41) is 13.7. The Bertz CT molecular complexity index is 777. The molecular formula is C15H15BBrN5OS. The number of hydrogen-bond donors (Lipinski definition) is 1. The number of thiazole rings is 1. The van der Waals surface area contributed by atoms with Gasteiger partial charge >= 0.3 is 0 Å². The summed E-state index contributed by atoms with van der Waals surface area (Å²) < 4.78 is 0.675. The second kappa shape index (κ2) is 7.77. The summed E-state index contributed by atoms with van der Waals surface area (Å²) in [5.41, 5.74) is 1.98. The van der Waals surface area contributed by atoms with E-state index in [0.717, 1.165) is 37.8 Å². The highest BCUT2D eigenvalue weighted by molar-refractivity contribution is 9.11. The molecule has 0 spiro atoms. The van der Waals surface area contributed by atoms with E-state index in [1.807, 2.05) is 6.07 Å². The number of aromatic nitrogens is 2. The lowest BCUT2D eigenvalue weighted by Gasteiger charge is -2.25. The first-order valence-electron chi connectivity index (χ1n) is 7.68. The Morgan fingerprint density at radius 3 is 3.08 bits per heavy atom. The minimum atomic E-state index is -0.254. The first kappa shape index (κ1) is 16.9. The van der Waals surface area contributed by atoms with Crippen molar-refractivity contribution in [1.82, 2.24) is 9.97 Å². The molecule has 0 unspecified atom stereocenters. The fraction of sp³-hybridized carbons (Fsp3) is 0.333. The van der Waals surface area contributed by atoms with Gasteiger partial charge < -0.3 is 10.2 Å². The van der Waals surface area contributed by atoms with Gasteiger partial charge in [0, 0.05) is 30.6 Å². The molecule has 6 nitrogen and oxygen atoms in total. The van der Waals surface area contributed by atoms with Crippen molar-refractivity contribution in [3.05, 3.63) is 33.5 Å². The van der Waals surface area contributed by atoms with Gasteiger partial charge in [-0.25, -0.2) is 10.2 Å². The summed E-state index contributed by atoms with van der Waals surface area (Å²) in [6.07, 6.45) is 6.10. The molecule has 0 bridgehead atoms. The molecule has 3 rings (SSSR count). The second-order valence-corrected chi connectivity index (χ2v) is 7.71. The van der Waals surface area contributed by atoms with E-state index in [4.69, 9.17) is 5.26 Å². The van der Waals surface area contributed by atoms with Crippen molar-refractivity contribution >= 4 is 51.3 Å². The summed E-state index contributed by atoms with van der Waals surface area (Å²) in [6, 6.07) is 1.90. The largest absolute Gasteiger partial charge is 0.370 e. The molecule has 1 aliphatic heterocycles. The highest BCUT2D eigenvalue weighted by atomic mass is 79.9. The lowest BCUT2D eigenvalue weighted by Crippen LogP contribution is -2.26. The van der Waals surface area contributed by atoms with Gasteiger partial charge in [-0.2, -0.15) is 0 Å². The number of nitrogens with one attached hydrogen (secondary N) is 1. The molecule has 2 aromatic rings. The third-order valence-electron chi connectivity index (χ3n) is 4.01. The maximum Gasteiger partial charge on any atom is 0.275 e. The van der Waals surface area contributed by atoms with Gasteiger partial charge in [0.1, 0.15) is 5.69 Å². The van der Waals surface area contributed by atoms with Crippen molar-refractivity contribution in [3.8, 4) is 5.97 Å². The van der Waals surface area contributed by atoms with Gasteiger partial charge in [-0.05, 0) is 34.7 Å². The molecule has 1 N–H and O–H groups in total. The number of rotatable bonds is 3. The summed E-state index contributed by atoms with van der Waals surface area (Å²) in [7, 11) is 0. The van der Waals surface area contributed by atoms with Crippen LogP contribution < -0.4 is 10.2 Å². The van der Waals surface area contributed by atoms with E-state index in [1.54, 1.807) is 17.8 Å². The van der Waals surface area contributed by atoms with E-state index in [-0.39, 0.29) is 12.6 Å². The first-order chi connectivity index (χ1) is 11.7. The lowest BCUT2D eigenvalue weighted by atomic mass is 9.46. The number of amides is 1. The molecule has 0 aliphatic carbocycles. The number of nitriles is 1. The van der Waals surface area contributed by atoms with Gasteiger partial charge in [0.25, 0.3) is 12.6 Å². The number of pyridine rings is 1. The number of carbonyl (C=O) groups is 1. The van der Waals surface area contributed by atoms with Crippen LogP contribution in [0.3, 0.4) is 0 Å². The number of carbonyl (C=O) groups excluding carboxylic acids is 1. The monoisotopic (exact) mass is 403 g/mol. The third-order valence-corrected chi connectivity index (χ3v) is 5.37. The molecule has 9 heteroatoms. The van der Waals surface area contributed by atoms with Crippen LogP contribution in [-0.4, -0.2) is 35.7 Å². The molecule has 0 atom stereocenters. The fourth-order valence-corrected chi connectivity index (χ4v) is 3.76. The van der Waals surface area contributed by atoms with Gasteiger partial charge in [0.05, 0.1) is 17.6 Å². The van der Waals surface area contributed by atoms with Crippen LogP contribution in [0.25, 0.3) is 0 Å². The molecule has 0 aromatic carbocycles. The van der Waals surface area contributed by atoms with E-state index < -0.39 is 0 Å². The standard InChI is InChI=1S/C15H15BBrN5OS/c17-15-21-12(9-24-15)14(23)20-11-8-19-5-2-13(11)22-6-1-3-16(10-18)4-7-22/h2,5,8-9H,1,3-4,6-7H2,(H,20,23). The van der Waals surface area contributed by atoms with Crippen LogP contribution in [0.5, 0.6) is 0 Å². The SMILES string of the molecule is N#CB1CCCN(c2ccncc2NC(=O)c2csc(Br)n2)CC1. The Morgan fingerprint density at radius 2 is 2.33 bits per heavy atom. The Hall–Kier alpha value is -1.92. The third kappa shape index (κ3) is 3.94. The van der Waals surface area contributed by atoms with E-state index in [2.05, 4.69) is 42.1 Å². The predicted octanol–water partition coefficient (Wildman–Crippen LogP) is 3.32. The molecule has 0 radical (unpaired) electrons. The molecule has 1 aliphatic rings. The molecule has 0 saturated carbocycles. The van der Waals surface area contributed by atoms with Crippen LogP contribution in [-0.2, 0) is 0 Å². The van der Waals surface area contributed by atoms with E-state index >= 15 is 0 Å². The summed E-state index contributed by atoms with van der Waals surface area (Å²) >= 11 is 4.63. The Kier molecular flexibility index (Phi) is 5.48. The van der Waals surface area contributed by atoms with E-state index in [9.17, 15) is 4.79 Å². The molecule has 24 heavy (non-hydrogen) atoms. The van der Waals surface area contributed by atoms with Gasteiger partial charge in [0.2, 0.25) is 0 Å². The maximum atomic E-state index is 12.4. The first-order valence-corrected chi connectivity index (χ1v) is 9.35. The predicted molar refractivity (Wildman–Crippen MR) is 99.8 cm³/mol. The zero-order chi connectivity index (χ0) is 16.9. The van der Waals surface area contributed by atoms with Crippen LogP contribution in [0.1, 0.15) is 16.9 Å². The van der Waals surface area contributed by atoms with Crippen molar-refractivity contribution < 1.29 is 4.79 Å². The molecule has 3 heterocycles. The summed E-state index contributed by atoms with van der Waals surface area (Å²) in [4.78, 5) is 22.8. The average molecular weight is 404 g/mol. The topological polar surface area (TPSA) is 81.9 Å². The van der Waals surface area contributed by atoms with Gasteiger partial charge in [-0.15, -0.1) is 11.3 Å². The molecule has 1 fully saturated rings. The fourth-order valence-electron chi connectivity index (χ4n) is 2.77. The average Bonchev–Trinajstić information content (AvgIpc) is 2.89. The van der Waals surface area contributed by atoms with Crippen molar-refractivity contribution in [2.45, 2.75) is 19.1 Å². The number of nitrogens with zero attached hydrogens (tertiary/aromatic N) is 4. The maximum absolute atomic E-state index is 12.4. The van der Waals surface area contributed by atoms with Crippen LogP contribution in [0.15, 0.2) is 27.8 Å². The van der Waals surface area contributed by atoms with Gasteiger partial charge in [-0.3, -0.25) is 9.78 Å². The molecule has 1 amide bonds. The Balaban J connectivity index is 1.78. The minimum absolute atomic E-state index is 0.113. The van der Waals surface area contributed by atoms with Crippen LogP contribution in [0, 0.1) is 11.2 Å². The van der Waals surface area contributed by atoms with Crippen LogP contribution in [0.2, 0.25) is 12.6 Å². The molecule has 2 aromatic heterocycles. The van der Waals surface area contributed by atoms with Crippen molar-refractivity contribution in [2.75, 3.05) is 23.3 Å². The smallest absolute Gasteiger partial charge is 0.275 e. The molecular weight excluding hydrogens is 389 g/mol. The second-order valence-electron chi connectivity index (χ2n) is 5.58. The normalized spacial score (nSPS) is 14.8. The van der Waals surface area contributed by atoms with Crippen molar-refractivity contribution in [2.24, 2.45) is 0 Å². The highest BCUT2D eigenvalue weighted by Gasteiger charge is 2.22. The van der Waals surface area contributed by atoms with Crippen LogP contribution >= 0.6 is 27.3 Å². The van der Waals surface area contributed by atoms with Crippen molar-refractivity contribution in [3.63, 3.8) is 0 Å². The van der Waals surface area contributed by atoms with E-state index in [1.165, 1.54) is 11.3 Å². The summed E-state index contributed by atoms with van der Waals surface area (Å²) in [5.74, 6) is 2.11. The number of hydrogen-bond acceptors (Lipinski definition) is 6. The lowest BCUT2D eigenvalue weighted by molar-refractivity contribution is 0.102. The zero-order valence-corrected chi connectivity index (χ0v) is 15.3. The Labute approximate surface area is 153 Å². The highest BCUT2D eigenvalue weighted by Crippen LogP contribution is 2.28. The van der Waals surface area contributed by atoms with Gasteiger partial charge in [0.15, 0.2) is 3.92 Å². The number of halogens is 1. The number of anilines is 2. The quantitative estimate of drug-likeness (QED) is 0.794. The van der Waals surface area contributed by atoms with Gasteiger partial charge in [-0.1, -0.05) is 6.32 Å².